The molecule has 1 atom stereocenters. The molecule has 1 aromatic rings. The largest absolute Gasteiger partial charge is 0.468 e. The zero-order valence-electron chi connectivity index (χ0n) is 9.54. The van der Waals surface area contributed by atoms with E-state index in [0.717, 1.165) is 17.5 Å². The predicted octanol–water partition coefficient (Wildman–Crippen LogP) is 2.58. The highest BCUT2D eigenvalue weighted by Crippen LogP contribution is 2.33. The van der Waals surface area contributed by atoms with Crippen LogP contribution in [-0.4, -0.2) is 24.7 Å². The van der Waals surface area contributed by atoms with Crippen LogP contribution < -0.4 is 4.74 Å². The first-order valence-corrected chi connectivity index (χ1v) is 5.54. The quantitative estimate of drug-likeness (QED) is 0.669. The van der Waals surface area contributed by atoms with Gasteiger partial charge in [0.05, 0.1) is 6.10 Å². The minimum atomic E-state index is -4.34. The van der Waals surface area contributed by atoms with Crippen LogP contribution in [0.5, 0.6) is 5.75 Å². The summed E-state index contributed by atoms with van der Waals surface area (Å²) in [6.45, 7) is -1.77. The summed E-state index contributed by atoms with van der Waals surface area (Å²) in [6.07, 6.45) is -3.37. The summed E-state index contributed by atoms with van der Waals surface area (Å²) >= 11 is 0. The molecule has 3 nitrogen and oxygen atoms in total. The molecule has 0 spiro atoms. The molecule has 18 heavy (non-hydrogen) atoms. The van der Waals surface area contributed by atoms with Crippen LogP contribution in [0.3, 0.4) is 0 Å². The van der Waals surface area contributed by atoms with Gasteiger partial charge in [-0.3, -0.25) is 0 Å². The number of fused-ring (bicyclic) bond motifs is 1. The number of ether oxygens (including phenoxy) is 2. The van der Waals surface area contributed by atoms with Gasteiger partial charge in [0.1, 0.15) is 12.4 Å². The predicted molar refractivity (Wildman–Crippen MR) is 57.2 cm³/mol. The van der Waals surface area contributed by atoms with Gasteiger partial charge in [-0.2, -0.15) is 13.2 Å². The highest BCUT2D eigenvalue weighted by molar-refractivity contribution is 5.39. The standard InChI is InChI=1S/C12H13F3O3/c13-12(14,15)6-17-7-18-9-2-3-10-8(5-9)1-4-11(10)16/h2-3,5,11,16H,1,4,6-7H2. The Morgan fingerprint density at radius 3 is 2.83 bits per heavy atom. The number of halogens is 3. The lowest BCUT2D eigenvalue weighted by atomic mass is 10.1. The summed E-state index contributed by atoms with van der Waals surface area (Å²) in [7, 11) is 0. The number of hydrogen-bond donors (Lipinski definition) is 1. The molecule has 0 saturated heterocycles. The molecule has 0 aromatic heterocycles. The lowest BCUT2D eigenvalue weighted by Gasteiger charge is -2.10. The normalized spacial score (nSPS) is 18.8. The van der Waals surface area contributed by atoms with Crippen molar-refractivity contribution < 1.29 is 27.8 Å². The van der Waals surface area contributed by atoms with Crippen molar-refractivity contribution in [3.8, 4) is 5.75 Å². The third-order valence-corrected chi connectivity index (χ3v) is 2.74. The van der Waals surface area contributed by atoms with Crippen LogP contribution in [0.4, 0.5) is 13.2 Å². The van der Waals surface area contributed by atoms with Crippen LogP contribution in [0.1, 0.15) is 23.7 Å². The van der Waals surface area contributed by atoms with Gasteiger partial charge in [-0.1, -0.05) is 6.07 Å². The van der Waals surface area contributed by atoms with Crippen molar-refractivity contribution in [2.75, 3.05) is 13.4 Å². The fraction of sp³-hybridized carbons (Fsp3) is 0.500. The van der Waals surface area contributed by atoms with E-state index in [9.17, 15) is 18.3 Å². The second-order valence-corrected chi connectivity index (χ2v) is 4.14. The maximum absolute atomic E-state index is 11.8. The van der Waals surface area contributed by atoms with Crippen molar-refractivity contribution in [1.29, 1.82) is 0 Å². The van der Waals surface area contributed by atoms with Crippen molar-refractivity contribution in [2.24, 2.45) is 0 Å². The maximum atomic E-state index is 11.8. The summed E-state index contributed by atoms with van der Waals surface area (Å²) in [5.41, 5.74) is 1.83. The number of rotatable bonds is 4. The van der Waals surface area contributed by atoms with Crippen LogP contribution in [0.15, 0.2) is 18.2 Å². The molecule has 0 amide bonds. The molecule has 0 radical (unpaired) electrons. The zero-order chi connectivity index (χ0) is 13.2. The molecule has 1 N–H and O–H groups in total. The molecular weight excluding hydrogens is 249 g/mol. The van der Waals surface area contributed by atoms with E-state index >= 15 is 0 Å². The Balaban J connectivity index is 1.84. The molecule has 6 heteroatoms. The lowest BCUT2D eigenvalue weighted by molar-refractivity contribution is -0.186. The van der Waals surface area contributed by atoms with Crippen molar-refractivity contribution in [3.63, 3.8) is 0 Å². The zero-order valence-corrected chi connectivity index (χ0v) is 9.54. The van der Waals surface area contributed by atoms with Crippen LogP contribution in [-0.2, 0) is 11.2 Å². The van der Waals surface area contributed by atoms with E-state index in [0.29, 0.717) is 12.2 Å². The van der Waals surface area contributed by atoms with Crippen LogP contribution >= 0.6 is 0 Å². The molecule has 2 rings (SSSR count). The van der Waals surface area contributed by atoms with E-state index in [4.69, 9.17) is 4.74 Å². The minimum Gasteiger partial charge on any atom is -0.468 e. The Labute approximate surface area is 102 Å². The second kappa shape index (κ2) is 5.16. The smallest absolute Gasteiger partial charge is 0.411 e. The lowest BCUT2D eigenvalue weighted by Crippen LogP contribution is -2.19. The number of aliphatic hydroxyl groups excluding tert-OH is 1. The van der Waals surface area contributed by atoms with E-state index in [1.807, 2.05) is 0 Å². The molecule has 1 aliphatic carbocycles. The molecule has 0 fully saturated rings. The van der Waals surface area contributed by atoms with Crippen molar-refractivity contribution >= 4 is 0 Å². The van der Waals surface area contributed by atoms with Gasteiger partial charge in [0.25, 0.3) is 0 Å². The summed E-state index contributed by atoms with van der Waals surface area (Å²) in [5.74, 6) is 0.449. The van der Waals surface area contributed by atoms with Crippen LogP contribution in [0.25, 0.3) is 0 Å². The number of benzene rings is 1. The Hall–Kier alpha value is -1.27. The van der Waals surface area contributed by atoms with Gasteiger partial charge in [-0.15, -0.1) is 0 Å². The first-order valence-electron chi connectivity index (χ1n) is 5.54. The van der Waals surface area contributed by atoms with Gasteiger partial charge < -0.3 is 14.6 Å². The summed E-state index contributed by atoms with van der Waals surface area (Å²) in [5, 5.41) is 9.59. The van der Waals surface area contributed by atoms with Gasteiger partial charge in [-0.05, 0) is 36.1 Å². The third-order valence-electron chi connectivity index (χ3n) is 2.74. The Morgan fingerprint density at radius 2 is 2.11 bits per heavy atom. The number of aryl methyl sites for hydroxylation is 1. The van der Waals surface area contributed by atoms with Gasteiger partial charge in [0, 0.05) is 0 Å². The van der Waals surface area contributed by atoms with Crippen LogP contribution in [0.2, 0.25) is 0 Å². The third kappa shape index (κ3) is 3.36. The van der Waals surface area contributed by atoms with Crippen molar-refractivity contribution in [1.82, 2.24) is 0 Å². The fourth-order valence-corrected chi connectivity index (χ4v) is 1.93. The molecule has 0 heterocycles. The van der Waals surface area contributed by atoms with Gasteiger partial charge >= 0.3 is 6.18 Å². The fourth-order valence-electron chi connectivity index (χ4n) is 1.93. The number of hydrogen-bond acceptors (Lipinski definition) is 3. The van der Waals surface area contributed by atoms with Crippen molar-refractivity contribution in [2.45, 2.75) is 25.1 Å². The second-order valence-electron chi connectivity index (χ2n) is 4.14. The monoisotopic (exact) mass is 262 g/mol. The summed E-state index contributed by atoms with van der Waals surface area (Å²) < 4.78 is 44.8. The van der Waals surface area contributed by atoms with Crippen LogP contribution in [0, 0.1) is 0 Å². The molecule has 1 unspecified atom stereocenters. The minimum absolute atomic E-state index is 0.444. The number of alkyl halides is 3. The van der Waals surface area contributed by atoms with Gasteiger partial charge in [0.15, 0.2) is 6.79 Å². The molecular formula is C12H13F3O3. The first-order chi connectivity index (χ1) is 8.46. The van der Waals surface area contributed by atoms with Crippen molar-refractivity contribution in [3.05, 3.63) is 29.3 Å². The maximum Gasteiger partial charge on any atom is 0.411 e. The Bertz CT molecular complexity index is 418. The average molecular weight is 262 g/mol. The molecule has 100 valence electrons. The van der Waals surface area contributed by atoms with E-state index in [2.05, 4.69) is 4.74 Å². The Kier molecular flexibility index (Phi) is 3.77. The average Bonchev–Trinajstić information content (AvgIpc) is 2.65. The highest BCUT2D eigenvalue weighted by atomic mass is 19.4. The van der Waals surface area contributed by atoms with E-state index in [1.165, 1.54) is 0 Å². The summed E-state index contributed by atoms with van der Waals surface area (Å²) in [4.78, 5) is 0. The number of aliphatic hydroxyl groups is 1. The van der Waals surface area contributed by atoms with Gasteiger partial charge in [0.2, 0.25) is 0 Å². The molecule has 0 saturated carbocycles. The van der Waals surface area contributed by atoms with E-state index in [1.54, 1.807) is 18.2 Å². The topological polar surface area (TPSA) is 38.7 Å². The Morgan fingerprint density at radius 1 is 1.33 bits per heavy atom. The summed E-state index contributed by atoms with van der Waals surface area (Å²) in [6, 6.07) is 5.07. The highest BCUT2D eigenvalue weighted by Gasteiger charge is 2.27. The molecule has 1 aromatic carbocycles. The first kappa shape index (κ1) is 13.2. The SMILES string of the molecule is OC1CCc2cc(OCOCC(F)(F)F)ccc21. The van der Waals surface area contributed by atoms with E-state index in [-0.39, 0.29) is 0 Å². The van der Waals surface area contributed by atoms with Gasteiger partial charge in [-0.25, -0.2) is 0 Å². The molecule has 0 aliphatic heterocycles. The molecule has 0 bridgehead atoms. The molecule has 1 aliphatic rings. The van der Waals surface area contributed by atoms with E-state index < -0.39 is 25.7 Å².